The third kappa shape index (κ3) is 5.27. The van der Waals surface area contributed by atoms with Gasteiger partial charge in [0, 0.05) is 17.5 Å². The van der Waals surface area contributed by atoms with Gasteiger partial charge in [0.25, 0.3) is 5.91 Å². The second kappa shape index (κ2) is 8.99. The van der Waals surface area contributed by atoms with E-state index in [1.165, 1.54) is 6.07 Å². The fourth-order valence-corrected chi connectivity index (χ4v) is 3.58. The average molecular weight is 422 g/mol. The molecule has 0 aliphatic heterocycles. The Kier molecular flexibility index (Phi) is 6.60. The van der Waals surface area contributed by atoms with Gasteiger partial charge in [-0.3, -0.25) is 9.48 Å². The lowest BCUT2D eigenvalue weighted by atomic mass is 9.93. The summed E-state index contributed by atoms with van der Waals surface area (Å²) in [5, 5.41) is 16.9. The van der Waals surface area contributed by atoms with Gasteiger partial charge in [0.1, 0.15) is 11.4 Å². The van der Waals surface area contributed by atoms with Crippen molar-refractivity contribution in [3.63, 3.8) is 0 Å². The molecule has 6 nitrogen and oxygen atoms in total. The number of rotatable bonds is 5. The molecule has 0 radical (unpaired) electrons. The van der Waals surface area contributed by atoms with Crippen LogP contribution in [0, 0.1) is 0 Å². The number of alkyl halides is 3. The topological polar surface area (TPSA) is 80.0 Å². The van der Waals surface area contributed by atoms with Gasteiger partial charge in [-0.15, -0.1) is 0 Å². The molecule has 1 aliphatic carbocycles. The summed E-state index contributed by atoms with van der Waals surface area (Å²) >= 11 is 0. The summed E-state index contributed by atoms with van der Waals surface area (Å²) in [7, 11) is 0. The average Bonchev–Trinajstić information content (AvgIpc) is 3.10. The van der Waals surface area contributed by atoms with Gasteiger partial charge >= 0.3 is 6.18 Å². The van der Waals surface area contributed by atoms with E-state index in [0.717, 1.165) is 49.1 Å². The molecule has 9 heteroatoms. The van der Waals surface area contributed by atoms with E-state index in [4.69, 9.17) is 0 Å². The Morgan fingerprint density at radius 1 is 1.30 bits per heavy atom. The van der Waals surface area contributed by atoms with E-state index in [9.17, 15) is 23.1 Å². The Balaban J connectivity index is 1.74. The number of carbonyl (C=O) groups excluding carboxylic acids is 1. The number of nitrogens with zero attached hydrogens (tertiary/aromatic N) is 3. The molecule has 2 heterocycles. The Morgan fingerprint density at radius 2 is 2.00 bits per heavy atom. The van der Waals surface area contributed by atoms with Crippen LogP contribution in [0.1, 0.15) is 73.0 Å². The maximum absolute atomic E-state index is 12.8. The van der Waals surface area contributed by atoms with Crippen molar-refractivity contribution in [3.8, 4) is 0 Å². The standard InChI is InChI=1S/C21H25F3N4O2/c1-3-17-14(12-28(27-17)15-7-9-16(29)10-8-15)11-13(2)25-20(30)18-5-4-6-19(26-18)21(22,23)24/h4-6,11-12,15-16,29H,3,7-10H2,1-2H3,(H,25,30)/b13-11+. The van der Waals surface area contributed by atoms with Crippen molar-refractivity contribution in [1.82, 2.24) is 20.1 Å². The highest BCUT2D eigenvalue weighted by atomic mass is 19.4. The lowest BCUT2D eigenvalue weighted by molar-refractivity contribution is -0.141. The molecule has 0 atom stereocenters. The normalized spacial score (nSPS) is 20.3. The molecule has 30 heavy (non-hydrogen) atoms. The predicted molar refractivity (Wildman–Crippen MR) is 105 cm³/mol. The molecule has 0 bridgehead atoms. The number of aromatic nitrogens is 3. The van der Waals surface area contributed by atoms with Gasteiger partial charge in [-0.25, -0.2) is 4.98 Å². The molecule has 1 fully saturated rings. The molecule has 0 spiro atoms. The van der Waals surface area contributed by atoms with Gasteiger partial charge in [-0.2, -0.15) is 18.3 Å². The fraction of sp³-hybridized carbons (Fsp3) is 0.476. The molecule has 0 aromatic carbocycles. The van der Waals surface area contributed by atoms with Crippen LogP contribution in [-0.2, 0) is 12.6 Å². The molecule has 0 unspecified atom stereocenters. The fourth-order valence-electron chi connectivity index (χ4n) is 3.58. The Morgan fingerprint density at radius 3 is 2.63 bits per heavy atom. The first-order valence-electron chi connectivity index (χ1n) is 9.97. The molecule has 1 saturated carbocycles. The van der Waals surface area contributed by atoms with Crippen molar-refractivity contribution in [2.45, 2.75) is 64.3 Å². The highest BCUT2D eigenvalue weighted by Crippen LogP contribution is 2.29. The number of nitrogens with one attached hydrogen (secondary N) is 1. The summed E-state index contributed by atoms with van der Waals surface area (Å²) in [4.78, 5) is 15.7. The van der Waals surface area contributed by atoms with Gasteiger partial charge in [-0.1, -0.05) is 13.0 Å². The van der Waals surface area contributed by atoms with E-state index in [1.807, 2.05) is 17.8 Å². The number of allylic oxidation sites excluding steroid dienone is 1. The van der Waals surface area contributed by atoms with Crippen molar-refractivity contribution < 1.29 is 23.1 Å². The summed E-state index contributed by atoms with van der Waals surface area (Å²) in [6.07, 6.45) is 2.71. The van der Waals surface area contributed by atoms with Crippen molar-refractivity contribution in [3.05, 3.63) is 52.7 Å². The second-order valence-corrected chi connectivity index (χ2v) is 7.51. The van der Waals surface area contributed by atoms with E-state index in [2.05, 4.69) is 15.4 Å². The highest BCUT2D eigenvalue weighted by Gasteiger charge is 2.33. The SMILES string of the molecule is CCc1nn(C2CCC(O)CC2)cc1/C=C(\C)NC(=O)c1cccc(C(F)(F)F)n1. The van der Waals surface area contributed by atoms with Gasteiger partial charge in [-0.05, 0) is 57.2 Å². The van der Waals surface area contributed by atoms with Crippen molar-refractivity contribution >= 4 is 12.0 Å². The minimum absolute atomic E-state index is 0.227. The first-order valence-corrected chi connectivity index (χ1v) is 9.97. The van der Waals surface area contributed by atoms with Crippen LogP contribution in [0.25, 0.3) is 6.08 Å². The molecule has 162 valence electrons. The maximum Gasteiger partial charge on any atom is 0.433 e. The van der Waals surface area contributed by atoms with Crippen LogP contribution >= 0.6 is 0 Å². The van der Waals surface area contributed by atoms with Crippen LogP contribution < -0.4 is 5.32 Å². The van der Waals surface area contributed by atoms with Crippen LogP contribution in [0.2, 0.25) is 0 Å². The summed E-state index contributed by atoms with van der Waals surface area (Å²) in [6, 6.07) is 3.45. The molecule has 1 amide bonds. The number of aliphatic hydroxyl groups excluding tert-OH is 1. The van der Waals surface area contributed by atoms with Gasteiger partial charge in [0.2, 0.25) is 0 Å². The molecule has 0 saturated heterocycles. The summed E-state index contributed by atoms with van der Waals surface area (Å²) < 4.78 is 40.4. The molecule has 2 aromatic heterocycles. The zero-order valence-corrected chi connectivity index (χ0v) is 16.9. The van der Waals surface area contributed by atoms with Crippen LogP contribution in [0.5, 0.6) is 0 Å². The minimum atomic E-state index is -4.61. The first kappa shape index (κ1) is 22.0. The number of carbonyl (C=O) groups is 1. The summed E-state index contributed by atoms with van der Waals surface area (Å²) in [6.45, 7) is 3.65. The molecular formula is C21H25F3N4O2. The van der Waals surface area contributed by atoms with Gasteiger partial charge < -0.3 is 10.4 Å². The number of amides is 1. The molecule has 3 rings (SSSR count). The maximum atomic E-state index is 12.8. The summed E-state index contributed by atoms with van der Waals surface area (Å²) in [5.74, 6) is -0.707. The first-order chi connectivity index (χ1) is 14.2. The predicted octanol–water partition coefficient (Wildman–Crippen LogP) is 4.13. The molecule has 2 N–H and O–H groups in total. The van der Waals surface area contributed by atoms with E-state index in [1.54, 1.807) is 13.0 Å². The van der Waals surface area contributed by atoms with Gasteiger partial charge in [0.05, 0.1) is 17.8 Å². The lowest BCUT2D eigenvalue weighted by Crippen LogP contribution is -2.23. The largest absolute Gasteiger partial charge is 0.433 e. The smallest absolute Gasteiger partial charge is 0.393 e. The van der Waals surface area contributed by atoms with Crippen LogP contribution in [0.3, 0.4) is 0 Å². The number of aliphatic hydroxyl groups is 1. The second-order valence-electron chi connectivity index (χ2n) is 7.51. The van der Waals surface area contributed by atoms with E-state index in [0.29, 0.717) is 12.1 Å². The molecule has 2 aromatic rings. The zero-order chi connectivity index (χ0) is 21.9. The monoisotopic (exact) mass is 422 g/mol. The van der Waals surface area contributed by atoms with E-state index in [-0.39, 0.29) is 17.8 Å². The van der Waals surface area contributed by atoms with Crippen molar-refractivity contribution in [2.24, 2.45) is 0 Å². The number of halogens is 3. The lowest BCUT2D eigenvalue weighted by Gasteiger charge is -2.25. The van der Waals surface area contributed by atoms with Crippen LogP contribution in [0.15, 0.2) is 30.1 Å². The van der Waals surface area contributed by atoms with Crippen molar-refractivity contribution in [2.75, 3.05) is 0 Å². The number of hydrogen-bond donors (Lipinski definition) is 2. The number of pyridine rings is 1. The van der Waals surface area contributed by atoms with E-state index >= 15 is 0 Å². The van der Waals surface area contributed by atoms with Crippen LogP contribution in [0.4, 0.5) is 13.2 Å². The summed E-state index contributed by atoms with van der Waals surface area (Å²) in [5.41, 5.74) is 0.784. The van der Waals surface area contributed by atoms with E-state index < -0.39 is 17.8 Å². The Bertz CT molecular complexity index is 929. The Labute approximate surface area is 172 Å². The quantitative estimate of drug-likeness (QED) is 0.760. The number of aryl methyl sites for hydroxylation is 1. The zero-order valence-electron chi connectivity index (χ0n) is 16.9. The highest BCUT2D eigenvalue weighted by molar-refractivity contribution is 5.93. The third-order valence-corrected chi connectivity index (χ3v) is 5.17. The third-order valence-electron chi connectivity index (χ3n) is 5.17. The van der Waals surface area contributed by atoms with Crippen molar-refractivity contribution in [1.29, 1.82) is 0 Å². The Hall–Kier alpha value is -2.68. The van der Waals surface area contributed by atoms with Crippen LogP contribution in [-0.4, -0.2) is 31.9 Å². The molecular weight excluding hydrogens is 397 g/mol. The number of hydrogen-bond acceptors (Lipinski definition) is 4. The molecule has 1 aliphatic rings. The minimum Gasteiger partial charge on any atom is -0.393 e. The van der Waals surface area contributed by atoms with Gasteiger partial charge in [0.15, 0.2) is 0 Å².